The first-order valence-corrected chi connectivity index (χ1v) is 23.3. The fourth-order valence-corrected chi connectivity index (χ4v) is 14.0. The van der Waals surface area contributed by atoms with Crippen molar-refractivity contribution in [3.63, 3.8) is 0 Å². The Morgan fingerprint density at radius 2 is 1.03 bits per heavy atom. The van der Waals surface area contributed by atoms with Crippen LogP contribution in [0.2, 0.25) is 0 Å². The van der Waals surface area contributed by atoms with Gasteiger partial charge in [0.25, 0.3) is 0 Å². The largest absolute Gasteiger partial charge is 0.477 e. The lowest BCUT2D eigenvalue weighted by atomic mass is 9.82. The summed E-state index contributed by atoms with van der Waals surface area (Å²) < 4.78 is 0. The summed E-state index contributed by atoms with van der Waals surface area (Å²) in [5, 5.41) is 18.8. The van der Waals surface area contributed by atoms with Gasteiger partial charge in [-0.2, -0.15) is 5.26 Å². The van der Waals surface area contributed by atoms with E-state index in [2.05, 4.69) is 180 Å². The number of nitrogens with zero attached hydrogens (tertiary/aromatic N) is 2. The molecule has 0 unspecified atom stereocenters. The van der Waals surface area contributed by atoms with E-state index < -0.39 is 5.97 Å². The number of hydrogen-bond acceptors (Lipinski definition) is 6. The highest BCUT2D eigenvalue weighted by Crippen LogP contribution is 2.58. The number of rotatable bonds is 7. The molecule has 11 rings (SSSR count). The first-order valence-electron chi connectivity index (χ1n) is 20.9. The Morgan fingerprint density at radius 3 is 1.61 bits per heavy atom. The van der Waals surface area contributed by atoms with Gasteiger partial charge in [0.1, 0.15) is 11.6 Å². The second kappa shape index (κ2) is 13.6. The minimum absolute atomic E-state index is 0.120. The third kappa shape index (κ3) is 5.63. The Balaban J connectivity index is 0.952. The van der Waals surface area contributed by atoms with Crippen LogP contribution in [0.1, 0.15) is 79.8 Å². The van der Waals surface area contributed by atoms with Crippen molar-refractivity contribution in [1.29, 1.82) is 5.26 Å². The van der Waals surface area contributed by atoms with E-state index in [4.69, 9.17) is 0 Å². The van der Waals surface area contributed by atoms with Gasteiger partial charge < -0.3 is 10.0 Å². The minimum atomic E-state index is -1.20. The van der Waals surface area contributed by atoms with E-state index in [0.29, 0.717) is 0 Å². The Bertz CT molecular complexity index is 3160. The predicted molar refractivity (Wildman–Crippen MR) is 260 cm³/mol. The molecule has 7 heteroatoms. The molecule has 3 heterocycles. The smallest absolute Gasteiger partial charge is 0.346 e. The molecule has 62 heavy (non-hydrogen) atoms. The van der Waals surface area contributed by atoms with Crippen molar-refractivity contribution in [3.8, 4) is 58.3 Å². The molecule has 3 aliphatic carbocycles. The van der Waals surface area contributed by atoms with Gasteiger partial charge in [-0.15, -0.1) is 34.0 Å². The summed E-state index contributed by atoms with van der Waals surface area (Å²) in [6, 6.07) is 51.5. The zero-order valence-electron chi connectivity index (χ0n) is 35.3. The van der Waals surface area contributed by atoms with Crippen LogP contribution in [0.3, 0.4) is 0 Å². The SMILES string of the molecule is CC1(C)c2ccccc2-c2ccc(N(c3ccc(-c4ccc(-c5cc6c(s5)-c5sc(/C=C(\C#N)C(=O)O)cc5C6(C)C)s4)cc3)c3ccc4c(c3)C(C)(C)c3ccccc3-4)cc21. The summed E-state index contributed by atoms with van der Waals surface area (Å²) in [5.41, 5.74) is 17.0. The molecule has 4 nitrogen and oxygen atoms in total. The zero-order chi connectivity index (χ0) is 42.9. The van der Waals surface area contributed by atoms with Gasteiger partial charge in [0.05, 0.1) is 0 Å². The lowest BCUT2D eigenvalue weighted by molar-refractivity contribution is -0.132. The molecule has 0 atom stereocenters. The standard InChI is InChI=1S/C55H42N2O2S3/c1-53(2)41-13-9-7-11-37(41)39-21-19-34(26-43(39)53)57(35-20-22-40-38-12-8-10-14-42(38)54(3,4)44(40)27-35)33-17-15-31(16-18-33)47-23-24-48(61-47)49-29-46-51(62-49)50-45(55(46,5)6)28-36(60-50)25-32(30-56)52(58)59/h7-29H,1-6H3,(H,58,59)/b32-25+. The molecule has 8 aromatic rings. The van der Waals surface area contributed by atoms with Crippen LogP contribution < -0.4 is 4.90 Å². The number of anilines is 3. The van der Waals surface area contributed by atoms with Gasteiger partial charge in [0.15, 0.2) is 0 Å². The van der Waals surface area contributed by atoms with E-state index in [1.54, 1.807) is 22.7 Å². The monoisotopic (exact) mass is 858 g/mol. The topological polar surface area (TPSA) is 64.3 Å². The molecule has 302 valence electrons. The summed E-state index contributed by atoms with van der Waals surface area (Å²) in [6.07, 6.45) is 1.49. The summed E-state index contributed by atoms with van der Waals surface area (Å²) in [7, 11) is 0. The highest BCUT2D eigenvalue weighted by atomic mass is 32.1. The normalized spacial score (nSPS) is 15.5. The number of thiophene rings is 3. The van der Waals surface area contributed by atoms with E-state index in [1.807, 2.05) is 17.4 Å². The van der Waals surface area contributed by atoms with Gasteiger partial charge in [0, 0.05) is 62.6 Å². The molecular formula is C55H42N2O2S3. The number of carboxylic acids is 1. The van der Waals surface area contributed by atoms with Crippen molar-refractivity contribution < 1.29 is 9.90 Å². The molecule has 0 bridgehead atoms. The molecule has 0 fully saturated rings. The fourth-order valence-electron chi connectivity index (χ4n) is 10.2. The zero-order valence-corrected chi connectivity index (χ0v) is 37.7. The highest BCUT2D eigenvalue weighted by molar-refractivity contribution is 7.27. The summed E-state index contributed by atoms with van der Waals surface area (Å²) in [4.78, 5) is 20.8. The van der Waals surface area contributed by atoms with Crippen LogP contribution in [0.15, 0.2) is 139 Å². The summed E-state index contributed by atoms with van der Waals surface area (Å²) in [6.45, 7) is 13.8. The first-order chi connectivity index (χ1) is 29.7. The molecule has 0 saturated heterocycles. The number of aliphatic carboxylic acids is 1. The van der Waals surface area contributed by atoms with E-state index in [0.717, 1.165) is 21.9 Å². The number of fused-ring (bicyclic) bond motifs is 9. The minimum Gasteiger partial charge on any atom is -0.477 e. The van der Waals surface area contributed by atoms with Crippen molar-refractivity contribution in [1.82, 2.24) is 0 Å². The van der Waals surface area contributed by atoms with Gasteiger partial charge in [-0.25, -0.2) is 4.79 Å². The number of carbonyl (C=O) groups is 1. The maximum Gasteiger partial charge on any atom is 0.346 e. The fraction of sp³-hybridized carbons (Fsp3) is 0.164. The molecule has 3 aromatic heterocycles. The van der Waals surface area contributed by atoms with Crippen LogP contribution in [0.5, 0.6) is 0 Å². The Morgan fingerprint density at radius 1 is 0.532 bits per heavy atom. The number of carboxylic acid groups (broad SMARTS) is 1. The van der Waals surface area contributed by atoms with Gasteiger partial charge in [-0.1, -0.05) is 114 Å². The van der Waals surface area contributed by atoms with Gasteiger partial charge in [0.2, 0.25) is 0 Å². The van der Waals surface area contributed by atoms with E-state index >= 15 is 0 Å². The van der Waals surface area contributed by atoms with Gasteiger partial charge in [-0.05, 0) is 128 Å². The Hall–Kier alpha value is -6.30. The quantitative estimate of drug-likeness (QED) is 0.128. The number of nitriles is 1. The predicted octanol–water partition coefficient (Wildman–Crippen LogP) is 15.6. The molecule has 0 aliphatic heterocycles. The maximum absolute atomic E-state index is 11.6. The molecule has 1 N–H and O–H groups in total. The maximum atomic E-state index is 11.6. The van der Waals surface area contributed by atoms with Crippen LogP contribution in [-0.4, -0.2) is 11.1 Å². The van der Waals surface area contributed by atoms with Crippen molar-refractivity contribution in [2.24, 2.45) is 0 Å². The molecule has 0 saturated carbocycles. The average molecular weight is 859 g/mol. The van der Waals surface area contributed by atoms with Crippen LogP contribution >= 0.6 is 34.0 Å². The van der Waals surface area contributed by atoms with Gasteiger partial charge in [-0.3, -0.25) is 0 Å². The molecule has 0 spiro atoms. The van der Waals surface area contributed by atoms with Crippen LogP contribution in [0.4, 0.5) is 17.1 Å². The molecule has 3 aliphatic rings. The average Bonchev–Trinajstić information content (AvgIpc) is 4.12. The van der Waals surface area contributed by atoms with E-state index in [9.17, 15) is 15.2 Å². The van der Waals surface area contributed by atoms with Crippen molar-refractivity contribution >= 4 is 63.1 Å². The van der Waals surface area contributed by atoms with Crippen LogP contribution in [0, 0.1) is 11.3 Å². The third-order valence-corrected chi connectivity index (χ3v) is 17.3. The van der Waals surface area contributed by atoms with Crippen molar-refractivity contribution in [2.45, 2.75) is 57.8 Å². The summed E-state index contributed by atoms with van der Waals surface area (Å²) >= 11 is 5.17. The van der Waals surface area contributed by atoms with Crippen LogP contribution in [0.25, 0.3) is 58.3 Å². The van der Waals surface area contributed by atoms with Crippen molar-refractivity contribution in [3.05, 3.63) is 177 Å². The Labute approximate surface area is 374 Å². The first kappa shape index (κ1) is 38.6. The number of hydrogen-bond donors (Lipinski definition) is 1. The number of benzene rings is 5. The second-order valence-electron chi connectivity index (χ2n) is 18.2. The van der Waals surface area contributed by atoms with E-state index in [1.165, 1.54) is 91.7 Å². The summed E-state index contributed by atoms with van der Waals surface area (Å²) in [5.74, 6) is -1.20. The third-order valence-electron chi connectivity index (χ3n) is 13.6. The lowest BCUT2D eigenvalue weighted by Gasteiger charge is -2.30. The molecule has 0 radical (unpaired) electrons. The van der Waals surface area contributed by atoms with Crippen molar-refractivity contribution in [2.75, 3.05) is 4.90 Å². The second-order valence-corrected chi connectivity index (χ2v) is 21.4. The van der Waals surface area contributed by atoms with Gasteiger partial charge >= 0.3 is 5.97 Å². The molecule has 5 aromatic carbocycles. The Kier molecular flexibility index (Phi) is 8.47. The lowest BCUT2D eigenvalue weighted by Crippen LogP contribution is -2.18. The highest BCUT2D eigenvalue weighted by Gasteiger charge is 2.40. The van der Waals surface area contributed by atoms with Crippen LogP contribution in [-0.2, 0) is 21.0 Å². The molecule has 0 amide bonds. The van der Waals surface area contributed by atoms with E-state index in [-0.39, 0.29) is 21.8 Å². The molecular weight excluding hydrogens is 817 g/mol.